The molecule has 122 valence electrons. The van der Waals surface area contributed by atoms with Crippen LogP contribution in [-0.2, 0) is 13.2 Å². The van der Waals surface area contributed by atoms with Crippen molar-refractivity contribution < 1.29 is 19.7 Å². The number of nitrogens with zero attached hydrogens (tertiary/aromatic N) is 2. The number of rotatable bonds is 6. The maximum atomic E-state index is 12.2. The lowest BCUT2D eigenvalue weighted by molar-refractivity contribution is 0.0692. The average Bonchev–Trinajstić information content (AvgIpc) is 2.53. The van der Waals surface area contributed by atoms with E-state index in [4.69, 9.17) is 9.84 Å². The summed E-state index contributed by atoms with van der Waals surface area (Å²) in [6.45, 7) is 3.38. The van der Waals surface area contributed by atoms with Gasteiger partial charge in [0.25, 0.3) is 5.56 Å². The summed E-state index contributed by atoms with van der Waals surface area (Å²) in [6.07, 6.45) is 0. The van der Waals surface area contributed by atoms with Gasteiger partial charge in [0.05, 0.1) is 18.8 Å². The van der Waals surface area contributed by atoms with Crippen LogP contribution >= 0.6 is 0 Å². The van der Waals surface area contributed by atoms with Crippen LogP contribution in [0.4, 0.5) is 0 Å². The van der Waals surface area contributed by atoms with Gasteiger partial charge in [0.2, 0.25) is 0 Å². The molecule has 0 unspecified atom stereocenters. The summed E-state index contributed by atoms with van der Waals surface area (Å²) in [5.74, 6) is -0.844. The van der Waals surface area contributed by atoms with Crippen LogP contribution in [0.3, 0.4) is 0 Å². The Hall–Kier alpha value is -2.67. The van der Waals surface area contributed by atoms with Crippen LogP contribution in [0.5, 0.6) is 5.75 Å². The zero-order chi connectivity index (χ0) is 17.0. The minimum Gasteiger partial charge on any atom is -0.491 e. The number of hydrogen-bond donors (Lipinski definition) is 2. The lowest BCUT2D eigenvalue weighted by Gasteiger charge is -2.12. The number of carboxylic acid groups (broad SMARTS) is 1. The van der Waals surface area contributed by atoms with Crippen molar-refractivity contribution >= 4 is 5.97 Å². The van der Waals surface area contributed by atoms with Crippen molar-refractivity contribution in [2.45, 2.75) is 27.0 Å². The maximum Gasteiger partial charge on any atom is 0.339 e. The topological polar surface area (TPSA) is 102 Å². The molecule has 0 aliphatic carbocycles. The molecule has 1 aromatic carbocycles. The minimum absolute atomic E-state index is 0.0592. The fourth-order valence-electron chi connectivity index (χ4n) is 2.19. The third-order valence-corrected chi connectivity index (χ3v) is 3.59. The molecule has 7 nitrogen and oxygen atoms in total. The van der Waals surface area contributed by atoms with Crippen molar-refractivity contribution in [2.75, 3.05) is 6.61 Å². The quantitative estimate of drug-likeness (QED) is 0.828. The predicted octanol–water partition coefficient (Wildman–Crippen LogP) is 1.13. The fraction of sp³-hybridized carbons (Fsp3) is 0.312. The molecule has 0 fully saturated rings. The van der Waals surface area contributed by atoms with Gasteiger partial charge >= 0.3 is 5.97 Å². The molecule has 0 spiro atoms. The van der Waals surface area contributed by atoms with Crippen molar-refractivity contribution in [1.82, 2.24) is 9.78 Å². The number of ether oxygens (including phenoxy) is 1. The second kappa shape index (κ2) is 7.06. The molecule has 7 heteroatoms. The van der Waals surface area contributed by atoms with E-state index in [9.17, 15) is 14.7 Å². The Kier molecular flexibility index (Phi) is 5.13. The van der Waals surface area contributed by atoms with E-state index in [1.165, 1.54) is 10.7 Å². The molecule has 0 amide bonds. The Labute approximate surface area is 132 Å². The number of benzene rings is 1. The number of hydrogen-bond acceptors (Lipinski definition) is 5. The van der Waals surface area contributed by atoms with E-state index in [1.54, 1.807) is 32.0 Å². The standard InChI is InChI=1S/C16H18N2O5/c1-10-11(2)17-18(15(20)13(10)9-19)7-8-23-14-6-4-3-5-12(14)16(21)22/h3-6,19H,7-9H2,1-2H3,(H,21,22). The van der Waals surface area contributed by atoms with Gasteiger partial charge in [0.1, 0.15) is 17.9 Å². The Morgan fingerprint density at radius 1 is 1.30 bits per heavy atom. The molecular weight excluding hydrogens is 300 g/mol. The van der Waals surface area contributed by atoms with Gasteiger partial charge < -0.3 is 14.9 Å². The van der Waals surface area contributed by atoms with Gasteiger partial charge in [-0.1, -0.05) is 12.1 Å². The zero-order valence-corrected chi connectivity index (χ0v) is 12.9. The molecule has 0 aliphatic heterocycles. The van der Waals surface area contributed by atoms with E-state index in [1.807, 2.05) is 0 Å². The number of aliphatic hydroxyl groups is 1. The fourth-order valence-corrected chi connectivity index (χ4v) is 2.19. The summed E-state index contributed by atoms with van der Waals surface area (Å²) in [5.41, 5.74) is 1.32. The van der Waals surface area contributed by atoms with E-state index >= 15 is 0 Å². The first kappa shape index (κ1) is 16.7. The summed E-state index contributed by atoms with van der Waals surface area (Å²) >= 11 is 0. The Morgan fingerprint density at radius 2 is 2.00 bits per heavy atom. The van der Waals surface area contributed by atoms with E-state index in [-0.39, 0.29) is 36.6 Å². The lowest BCUT2D eigenvalue weighted by Crippen LogP contribution is -2.30. The van der Waals surface area contributed by atoms with E-state index in [0.29, 0.717) is 16.8 Å². The maximum absolute atomic E-state index is 12.2. The van der Waals surface area contributed by atoms with Gasteiger partial charge in [-0.3, -0.25) is 4.79 Å². The van der Waals surface area contributed by atoms with Crippen LogP contribution in [0.2, 0.25) is 0 Å². The van der Waals surface area contributed by atoms with Crippen molar-refractivity contribution in [3.05, 3.63) is 57.0 Å². The Bertz CT molecular complexity index is 783. The van der Waals surface area contributed by atoms with Gasteiger partial charge in [-0.05, 0) is 31.5 Å². The lowest BCUT2D eigenvalue weighted by atomic mass is 10.1. The van der Waals surface area contributed by atoms with Crippen LogP contribution in [0, 0.1) is 13.8 Å². The number of carbonyl (C=O) groups is 1. The number of para-hydroxylation sites is 1. The summed E-state index contributed by atoms with van der Waals surface area (Å²) in [5, 5.41) is 22.6. The molecule has 1 heterocycles. The number of aromatic carboxylic acids is 1. The van der Waals surface area contributed by atoms with Crippen LogP contribution < -0.4 is 10.3 Å². The monoisotopic (exact) mass is 318 g/mol. The van der Waals surface area contributed by atoms with Gasteiger partial charge in [-0.2, -0.15) is 5.10 Å². The zero-order valence-electron chi connectivity index (χ0n) is 12.9. The van der Waals surface area contributed by atoms with Gasteiger partial charge in [-0.25, -0.2) is 9.48 Å². The first-order valence-electron chi connectivity index (χ1n) is 7.09. The highest BCUT2D eigenvalue weighted by molar-refractivity contribution is 5.90. The van der Waals surface area contributed by atoms with Crippen LogP contribution in [0.15, 0.2) is 29.1 Å². The largest absolute Gasteiger partial charge is 0.491 e. The van der Waals surface area contributed by atoms with Crippen molar-refractivity contribution in [3.63, 3.8) is 0 Å². The summed E-state index contributed by atoms with van der Waals surface area (Å²) in [7, 11) is 0. The van der Waals surface area contributed by atoms with Gasteiger partial charge in [-0.15, -0.1) is 0 Å². The molecule has 0 bridgehead atoms. The molecule has 2 aromatic rings. The molecule has 2 rings (SSSR count). The molecule has 0 saturated carbocycles. The Balaban J connectivity index is 2.16. The molecule has 0 radical (unpaired) electrons. The molecular formula is C16H18N2O5. The summed E-state index contributed by atoms with van der Waals surface area (Å²) in [6, 6.07) is 6.28. The van der Waals surface area contributed by atoms with Gasteiger partial charge in [0, 0.05) is 5.56 Å². The van der Waals surface area contributed by atoms with E-state index in [0.717, 1.165) is 0 Å². The highest BCUT2D eigenvalue weighted by atomic mass is 16.5. The second-order valence-corrected chi connectivity index (χ2v) is 5.03. The summed E-state index contributed by atoms with van der Waals surface area (Å²) in [4.78, 5) is 23.3. The molecule has 23 heavy (non-hydrogen) atoms. The molecule has 1 aromatic heterocycles. The summed E-state index contributed by atoms with van der Waals surface area (Å²) < 4.78 is 6.68. The smallest absolute Gasteiger partial charge is 0.339 e. The van der Waals surface area contributed by atoms with Crippen molar-refractivity contribution in [2.24, 2.45) is 0 Å². The third-order valence-electron chi connectivity index (χ3n) is 3.59. The molecule has 0 saturated heterocycles. The van der Waals surface area contributed by atoms with Crippen LogP contribution in [-0.4, -0.2) is 32.6 Å². The minimum atomic E-state index is -1.08. The normalized spacial score (nSPS) is 10.6. The van der Waals surface area contributed by atoms with Crippen LogP contribution in [0.1, 0.15) is 27.2 Å². The number of aliphatic hydroxyl groups excluding tert-OH is 1. The van der Waals surface area contributed by atoms with Crippen LogP contribution in [0.25, 0.3) is 0 Å². The predicted molar refractivity (Wildman–Crippen MR) is 82.8 cm³/mol. The second-order valence-electron chi connectivity index (χ2n) is 5.03. The number of aromatic nitrogens is 2. The average molecular weight is 318 g/mol. The molecule has 2 N–H and O–H groups in total. The highest BCUT2D eigenvalue weighted by Crippen LogP contribution is 2.17. The number of carboxylic acids is 1. The number of aryl methyl sites for hydroxylation is 1. The third kappa shape index (κ3) is 3.57. The van der Waals surface area contributed by atoms with E-state index < -0.39 is 5.97 Å². The Morgan fingerprint density at radius 3 is 2.65 bits per heavy atom. The SMILES string of the molecule is Cc1nn(CCOc2ccccc2C(=O)O)c(=O)c(CO)c1C. The van der Waals surface area contributed by atoms with Crippen molar-refractivity contribution in [1.29, 1.82) is 0 Å². The highest BCUT2D eigenvalue weighted by Gasteiger charge is 2.12. The molecule has 0 aliphatic rings. The first-order valence-corrected chi connectivity index (χ1v) is 7.09. The van der Waals surface area contributed by atoms with E-state index in [2.05, 4.69) is 5.10 Å². The first-order chi connectivity index (χ1) is 11.0. The van der Waals surface area contributed by atoms with Crippen molar-refractivity contribution in [3.8, 4) is 5.75 Å². The molecule has 0 atom stereocenters. The van der Waals surface area contributed by atoms with Gasteiger partial charge in [0.15, 0.2) is 0 Å².